The van der Waals surface area contributed by atoms with Gasteiger partial charge in [-0.3, -0.25) is 0 Å². The molecule has 0 radical (unpaired) electrons. The maximum absolute atomic E-state index is 13.1. The maximum Gasteiger partial charge on any atom is 0.181 e. The molecule has 0 unspecified atom stereocenters. The molecule has 4 rings (SSSR count). The van der Waals surface area contributed by atoms with Crippen LogP contribution in [0.5, 0.6) is 0 Å². The van der Waals surface area contributed by atoms with Gasteiger partial charge in [0.2, 0.25) is 0 Å². The van der Waals surface area contributed by atoms with E-state index in [9.17, 15) is 4.39 Å². The van der Waals surface area contributed by atoms with Crippen LogP contribution < -0.4 is 4.90 Å². The summed E-state index contributed by atoms with van der Waals surface area (Å²) < 4.78 is 15.8. The third-order valence-electron chi connectivity index (χ3n) is 4.51. The SMILES string of the molecule is Fc1ccc(N2CCN(/C=C/c3nnnn3-c3ccc(Br)cc3)CC2)cc1. The van der Waals surface area contributed by atoms with Crippen LogP contribution in [0.4, 0.5) is 10.1 Å². The molecule has 1 aromatic heterocycles. The van der Waals surface area contributed by atoms with Gasteiger partial charge in [0.1, 0.15) is 5.82 Å². The Hall–Kier alpha value is -2.74. The fraction of sp³-hybridized carbons (Fsp3) is 0.211. The van der Waals surface area contributed by atoms with Crippen molar-refractivity contribution in [3.63, 3.8) is 0 Å². The molecule has 1 aliphatic rings. The van der Waals surface area contributed by atoms with Crippen LogP contribution in [0, 0.1) is 5.82 Å². The molecule has 8 heteroatoms. The number of piperazine rings is 1. The van der Waals surface area contributed by atoms with E-state index >= 15 is 0 Å². The lowest BCUT2D eigenvalue weighted by atomic mass is 10.2. The summed E-state index contributed by atoms with van der Waals surface area (Å²) in [7, 11) is 0. The van der Waals surface area contributed by atoms with Crippen molar-refractivity contribution in [1.29, 1.82) is 0 Å². The molecule has 0 N–H and O–H groups in total. The monoisotopic (exact) mass is 428 g/mol. The van der Waals surface area contributed by atoms with E-state index in [4.69, 9.17) is 0 Å². The zero-order chi connectivity index (χ0) is 18.6. The van der Waals surface area contributed by atoms with Crippen molar-refractivity contribution in [1.82, 2.24) is 25.1 Å². The Kier molecular flexibility index (Phi) is 5.15. The molecule has 0 bridgehead atoms. The van der Waals surface area contributed by atoms with Crippen LogP contribution in [-0.4, -0.2) is 51.3 Å². The van der Waals surface area contributed by atoms with Crippen molar-refractivity contribution in [3.8, 4) is 5.69 Å². The third kappa shape index (κ3) is 4.16. The molecular weight excluding hydrogens is 411 g/mol. The van der Waals surface area contributed by atoms with Gasteiger partial charge in [0.25, 0.3) is 0 Å². The van der Waals surface area contributed by atoms with E-state index in [0.717, 1.165) is 42.0 Å². The van der Waals surface area contributed by atoms with Crippen molar-refractivity contribution in [2.45, 2.75) is 0 Å². The van der Waals surface area contributed by atoms with Crippen LogP contribution >= 0.6 is 15.9 Å². The molecule has 1 saturated heterocycles. The second kappa shape index (κ2) is 7.87. The maximum atomic E-state index is 13.1. The Balaban J connectivity index is 1.40. The molecule has 0 amide bonds. The van der Waals surface area contributed by atoms with Gasteiger partial charge >= 0.3 is 0 Å². The van der Waals surface area contributed by atoms with Gasteiger partial charge < -0.3 is 9.80 Å². The first-order valence-corrected chi connectivity index (χ1v) is 9.45. The molecule has 0 atom stereocenters. The second-order valence-corrected chi connectivity index (χ2v) is 7.16. The Morgan fingerprint density at radius 2 is 1.56 bits per heavy atom. The lowest BCUT2D eigenvalue weighted by Crippen LogP contribution is -2.44. The Morgan fingerprint density at radius 3 is 2.26 bits per heavy atom. The van der Waals surface area contributed by atoms with E-state index in [0.29, 0.717) is 5.82 Å². The highest BCUT2D eigenvalue weighted by molar-refractivity contribution is 9.10. The summed E-state index contributed by atoms with van der Waals surface area (Å²) in [6.45, 7) is 3.53. The van der Waals surface area contributed by atoms with Crippen molar-refractivity contribution in [2.75, 3.05) is 31.1 Å². The van der Waals surface area contributed by atoms with E-state index < -0.39 is 0 Å². The van der Waals surface area contributed by atoms with Crippen LogP contribution in [-0.2, 0) is 0 Å². The summed E-state index contributed by atoms with van der Waals surface area (Å²) in [6, 6.07) is 14.5. The van der Waals surface area contributed by atoms with Gasteiger partial charge in [0.05, 0.1) is 5.69 Å². The molecule has 2 heterocycles. The van der Waals surface area contributed by atoms with E-state index in [1.807, 2.05) is 48.7 Å². The quantitative estimate of drug-likeness (QED) is 0.637. The third-order valence-corrected chi connectivity index (χ3v) is 5.03. The summed E-state index contributed by atoms with van der Waals surface area (Å²) in [6.07, 6.45) is 3.96. The molecule has 1 fully saturated rings. The molecule has 0 aliphatic carbocycles. The molecule has 0 spiro atoms. The van der Waals surface area contributed by atoms with Gasteiger partial charge in [-0.15, -0.1) is 5.10 Å². The summed E-state index contributed by atoms with van der Waals surface area (Å²) >= 11 is 3.43. The van der Waals surface area contributed by atoms with Crippen molar-refractivity contribution in [2.24, 2.45) is 0 Å². The lowest BCUT2D eigenvalue weighted by molar-refractivity contribution is 0.351. The van der Waals surface area contributed by atoms with Gasteiger partial charge in [-0.25, -0.2) is 4.39 Å². The summed E-state index contributed by atoms with van der Waals surface area (Å²) in [5.41, 5.74) is 1.96. The fourth-order valence-corrected chi connectivity index (χ4v) is 3.28. The Labute approximate surface area is 165 Å². The smallest absolute Gasteiger partial charge is 0.181 e. The zero-order valence-corrected chi connectivity index (χ0v) is 16.1. The van der Waals surface area contributed by atoms with Crippen LogP contribution in [0.25, 0.3) is 11.8 Å². The predicted molar refractivity (Wildman–Crippen MR) is 106 cm³/mol. The molecule has 6 nitrogen and oxygen atoms in total. The first kappa shape index (κ1) is 17.7. The number of hydrogen-bond donors (Lipinski definition) is 0. The van der Waals surface area contributed by atoms with Crippen molar-refractivity contribution < 1.29 is 4.39 Å². The summed E-state index contributed by atoms with van der Waals surface area (Å²) in [5.74, 6) is 0.474. The molecule has 138 valence electrons. The van der Waals surface area contributed by atoms with Crippen LogP contribution in [0.15, 0.2) is 59.2 Å². The van der Waals surface area contributed by atoms with Crippen LogP contribution in [0.1, 0.15) is 5.82 Å². The number of rotatable bonds is 4. The average Bonchev–Trinajstić information content (AvgIpc) is 3.17. The van der Waals surface area contributed by atoms with Gasteiger partial charge in [0.15, 0.2) is 5.82 Å². The zero-order valence-electron chi connectivity index (χ0n) is 14.5. The van der Waals surface area contributed by atoms with Crippen LogP contribution in [0.3, 0.4) is 0 Å². The highest BCUT2D eigenvalue weighted by atomic mass is 79.9. The number of benzene rings is 2. The Bertz CT molecular complexity index is 914. The topological polar surface area (TPSA) is 50.1 Å². The first-order valence-electron chi connectivity index (χ1n) is 8.66. The molecule has 1 aliphatic heterocycles. The van der Waals surface area contributed by atoms with Gasteiger partial charge in [-0.2, -0.15) is 4.68 Å². The van der Waals surface area contributed by atoms with Crippen molar-refractivity contribution in [3.05, 3.63) is 70.8 Å². The number of anilines is 1. The minimum Gasteiger partial charge on any atom is -0.374 e. The standard InChI is InChI=1S/C19H18BrFN6/c20-15-1-5-18(6-2-15)27-19(22-23-24-27)9-10-25-11-13-26(14-12-25)17-7-3-16(21)4-8-17/h1-10H,11-14H2/b10-9+. The minimum absolute atomic E-state index is 0.205. The van der Waals surface area contributed by atoms with E-state index in [1.54, 1.807) is 4.68 Å². The van der Waals surface area contributed by atoms with Gasteiger partial charge in [0, 0.05) is 48.6 Å². The highest BCUT2D eigenvalue weighted by Gasteiger charge is 2.15. The summed E-state index contributed by atoms with van der Waals surface area (Å²) in [5, 5.41) is 12.0. The largest absolute Gasteiger partial charge is 0.374 e. The van der Waals surface area contributed by atoms with Gasteiger partial charge in [-0.1, -0.05) is 15.9 Å². The predicted octanol–water partition coefficient (Wildman–Crippen LogP) is 3.36. The molecule has 3 aromatic rings. The van der Waals surface area contributed by atoms with E-state index in [1.165, 1.54) is 12.1 Å². The lowest BCUT2D eigenvalue weighted by Gasteiger charge is -2.35. The number of nitrogens with zero attached hydrogens (tertiary/aromatic N) is 6. The molecule has 27 heavy (non-hydrogen) atoms. The first-order chi connectivity index (χ1) is 13.2. The molecule has 0 saturated carbocycles. The normalized spacial score (nSPS) is 14.9. The van der Waals surface area contributed by atoms with E-state index in [-0.39, 0.29) is 5.82 Å². The molecular formula is C19H18BrFN6. The number of hydrogen-bond acceptors (Lipinski definition) is 5. The second-order valence-electron chi connectivity index (χ2n) is 6.24. The number of tetrazole rings is 1. The highest BCUT2D eigenvalue weighted by Crippen LogP contribution is 2.18. The number of halogens is 2. The van der Waals surface area contributed by atoms with E-state index in [2.05, 4.69) is 41.3 Å². The fourth-order valence-electron chi connectivity index (χ4n) is 3.02. The van der Waals surface area contributed by atoms with Gasteiger partial charge in [-0.05, 0) is 59.0 Å². The Morgan fingerprint density at radius 1 is 0.889 bits per heavy atom. The average molecular weight is 429 g/mol. The van der Waals surface area contributed by atoms with Crippen LogP contribution in [0.2, 0.25) is 0 Å². The summed E-state index contributed by atoms with van der Waals surface area (Å²) in [4.78, 5) is 4.50. The minimum atomic E-state index is -0.205. The van der Waals surface area contributed by atoms with Crippen molar-refractivity contribution >= 4 is 27.7 Å². The molecule has 2 aromatic carbocycles. The number of aromatic nitrogens is 4.